The lowest BCUT2D eigenvalue weighted by Gasteiger charge is -2.38. The Balaban J connectivity index is 1.49. The minimum atomic E-state index is -0.444. The van der Waals surface area contributed by atoms with Crippen molar-refractivity contribution in [1.82, 2.24) is 15.2 Å². The van der Waals surface area contributed by atoms with Gasteiger partial charge in [0.05, 0.1) is 18.8 Å². The number of carbonyl (C=O) groups is 1. The number of rotatable bonds is 6. The number of amides is 1. The molecule has 176 valence electrons. The molecule has 1 aromatic heterocycles. The Morgan fingerprint density at radius 3 is 2.88 bits per heavy atom. The topological polar surface area (TPSA) is 63.7 Å². The molecule has 4 rings (SSSR count). The summed E-state index contributed by atoms with van der Waals surface area (Å²) in [4.78, 5) is 19.9. The molecule has 0 unspecified atom stereocenters. The molecule has 1 N–H and O–H groups in total. The summed E-state index contributed by atoms with van der Waals surface area (Å²) in [7, 11) is 1.68. The fourth-order valence-corrected chi connectivity index (χ4v) is 4.57. The number of carbonyl (C=O) groups excluding carboxylic acids is 1. The number of piperidine rings is 1. The maximum atomic E-state index is 12.9. The highest BCUT2D eigenvalue weighted by atomic mass is 16.5. The molecule has 0 saturated carbocycles. The number of nitrogens with zero attached hydrogens (tertiary/aromatic N) is 2. The van der Waals surface area contributed by atoms with Crippen molar-refractivity contribution in [2.75, 3.05) is 33.4 Å². The lowest BCUT2D eigenvalue weighted by molar-refractivity contribution is -0.129. The molecule has 2 aliphatic rings. The summed E-state index contributed by atoms with van der Waals surface area (Å²) in [6.45, 7) is 9.27. The van der Waals surface area contributed by atoms with Crippen molar-refractivity contribution in [2.45, 2.75) is 39.7 Å². The second kappa shape index (κ2) is 9.96. The summed E-state index contributed by atoms with van der Waals surface area (Å²) in [6, 6.07) is 11.8. The van der Waals surface area contributed by atoms with Crippen LogP contribution in [0.4, 0.5) is 0 Å². The molecular weight excluding hydrogens is 414 g/mol. The number of nitrogens with one attached hydrogen (secondary N) is 1. The molecule has 2 aliphatic heterocycles. The van der Waals surface area contributed by atoms with Crippen LogP contribution in [-0.4, -0.2) is 49.1 Å². The van der Waals surface area contributed by atoms with Crippen molar-refractivity contribution in [1.29, 1.82) is 0 Å². The molecule has 1 saturated heterocycles. The number of likely N-dealkylation sites (tertiary alicyclic amines) is 1. The van der Waals surface area contributed by atoms with E-state index in [9.17, 15) is 4.79 Å². The van der Waals surface area contributed by atoms with E-state index >= 15 is 0 Å². The van der Waals surface area contributed by atoms with Crippen molar-refractivity contribution < 1.29 is 14.3 Å². The van der Waals surface area contributed by atoms with Crippen molar-refractivity contribution in [3.63, 3.8) is 0 Å². The lowest BCUT2D eigenvalue weighted by atomic mass is 9.86. The Bertz CT molecular complexity index is 997. The van der Waals surface area contributed by atoms with Gasteiger partial charge in [0, 0.05) is 30.3 Å². The number of pyridine rings is 1. The van der Waals surface area contributed by atoms with Gasteiger partial charge in [0.25, 0.3) is 0 Å². The smallest absolute Gasteiger partial charge is 0.225 e. The Hall–Kier alpha value is -2.86. The Morgan fingerprint density at radius 1 is 1.30 bits per heavy atom. The molecule has 0 aliphatic carbocycles. The Labute approximate surface area is 197 Å². The van der Waals surface area contributed by atoms with Crippen LogP contribution >= 0.6 is 0 Å². The summed E-state index contributed by atoms with van der Waals surface area (Å²) in [5.74, 6) is 2.10. The van der Waals surface area contributed by atoms with Crippen molar-refractivity contribution >= 4 is 12.0 Å². The maximum Gasteiger partial charge on any atom is 0.225 e. The van der Waals surface area contributed by atoms with Crippen molar-refractivity contribution in [3.8, 4) is 11.5 Å². The summed E-state index contributed by atoms with van der Waals surface area (Å²) in [5.41, 5.74) is 2.81. The van der Waals surface area contributed by atoms with E-state index in [4.69, 9.17) is 9.47 Å². The van der Waals surface area contributed by atoms with E-state index in [1.807, 2.05) is 63.4 Å². The minimum absolute atomic E-state index is 0.0595. The van der Waals surface area contributed by atoms with E-state index in [-0.39, 0.29) is 11.9 Å². The average Bonchev–Trinajstić information content (AvgIpc) is 2.82. The maximum absolute atomic E-state index is 12.9. The zero-order chi connectivity index (χ0) is 23.4. The van der Waals surface area contributed by atoms with Crippen LogP contribution in [0.25, 0.3) is 6.08 Å². The van der Waals surface area contributed by atoms with E-state index < -0.39 is 5.41 Å². The summed E-state index contributed by atoms with van der Waals surface area (Å²) in [5, 5.41) is 3.31. The van der Waals surface area contributed by atoms with E-state index in [2.05, 4.69) is 21.3 Å². The Morgan fingerprint density at radius 2 is 2.15 bits per heavy atom. The highest BCUT2D eigenvalue weighted by Crippen LogP contribution is 2.33. The number of hydrogen-bond donors (Lipinski definition) is 1. The fraction of sp³-hybridized carbons (Fsp3) is 0.481. The van der Waals surface area contributed by atoms with Crippen molar-refractivity contribution in [3.05, 3.63) is 59.4 Å². The standard InChI is InChI=1S/C27H35N3O3/c1-27(2,3)26(31)29-25(23-9-5-6-12-28-23)20-8-7-13-30(17-20)16-19-14-21-15-22(32-4)10-11-24(21)33-18-19/h5-6,9-12,14-15,20,25H,7-8,13,16-18H2,1-4H3,(H,29,31)/t20-,25-/m1/s1. The SMILES string of the molecule is COc1ccc2c(c1)C=C(CN1CCC[C@@H]([C@@H](NC(=O)C(C)(C)C)c3ccccn3)C1)CO2. The molecule has 33 heavy (non-hydrogen) atoms. The molecule has 1 amide bonds. The first-order valence-electron chi connectivity index (χ1n) is 11.8. The van der Waals surface area contributed by atoms with Crippen LogP contribution in [0, 0.1) is 11.3 Å². The summed E-state index contributed by atoms with van der Waals surface area (Å²) in [6.07, 6.45) is 6.19. The summed E-state index contributed by atoms with van der Waals surface area (Å²) < 4.78 is 11.4. The normalized spacial score (nSPS) is 19.6. The van der Waals surface area contributed by atoms with Crippen LogP contribution < -0.4 is 14.8 Å². The predicted octanol–water partition coefficient (Wildman–Crippen LogP) is 4.48. The zero-order valence-electron chi connectivity index (χ0n) is 20.1. The van der Waals surface area contributed by atoms with Crippen LogP contribution in [0.1, 0.15) is 50.9 Å². The number of aromatic nitrogens is 1. The molecule has 0 radical (unpaired) electrons. The number of hydrogen-bond acceptors (Lipinski definition) is 5. The first-order chi connectivity index (χ1) is 15.8. The van der Waals surface area contributed by atoms with Crippen LogP contribution in [-0.2, 0) is 4.79 Å². The zero-order valence-corrected chi connectivity index (χ0v) is 20.1. The molecule has 2 aromatic rings. The fourth-order valence-electron chi connectivity index (χ4n) is 4.57. The van der Waals surface area contributed by atoms with Crippen LogP contribution in [0.5, 0.6) is 11.5 Å². The third kappa shape index (κ3) is 5.74. The summed E-state index contributed by atoms with van der Waals surface area (Å²) >= 11 is 0. The quantitative estimate of drug-likeness (QED) is 0.704. The number of ether oxygens (including phenoxy) is 2. The molecule has 1 fully saturated rings. The highest BCUT2D eigenvalue weighted by molar-refractivity contribution is 5.81. The first-order valence-corrected chi connectivity index (χ1v) is 11.8. The van der Waals surface area contributed by atoms with E-state index in [0.29, 0.717) is 12.5 Å². The van der Waals surface area contributed by atoms with E-state index in [1.165, 1.54) is 5.57 Å². The van der Waals surface area contributed by atoms with Gasteiger partial charge in [0.15, 0.2) is 0 Å². The first kappa shape index (κ1) is 23.3. The molecular formula is C27H35N3O3. The largest absolute Gasteiger partial charge is 0.497 e. The molecule has 6 nitrogen and oxygen atoms in total. The van der Waals surface area contributed by atoms with Gasteiger partial charge in [0.2, 0.25) is 5.91 Å². The molecule has 3 heterocycles. The molecule has 0 spiro atoms. The second-order valence-electron chi connectivity index (χ2n) is 10.1. The van der Waals surface area contributed by atoms with Crippen molar-refractivity contribution in [2.24, 2.45) is 11.3 Å². The third-order valence-corrected chi connectivity index (χ3v) is 6.40. The van der Waals surface area contributed by atoms with Gasteiger partial charge in [-0.25, -0.2) is 0 Å². The lowest BCUT2D eigenvalue weighted by Crippen LogP contribution is -2.46. The van der Waals surface area contributed by atoms with E-state index in [1.54, 1.807) is 7.11 Å². The molecule has 0 bridgehead atoms. The third-order valence-electron chi connectivity index (χ3n) is 6.40. The number of benzene rings is 1. The number of fused-ring (bicyclic) bond motifs is 1. The second-order valence-corrected chi connectivity index (χ2v) is 10.1. The van der Waals surface area contributed by atoms with Gasteiger partial charge in [-0.2, -0.15) is 0 Å². The molecule has 6 heteroatoms. The van der Waals surface area contributed by atoms with Gasteiger partial charge in [-0.15, -0.1) is 0 Å². The van der Waals surface area contributed by atoms with Gasteiger partial charge in [-0.1, -0.05) is 26.8 Å². The van der Waals surface area contributed by atoms with Gasteiger partial charge in [-0.3, -0.25) is 14.7 Å². The number of methoxy groups -OCH3 is 1. The minimum Gasteiger partial charge on any atom is -0.497 e. The average molecular weight is 450 g/mol. The Kier molecular flexibility index (Phi) is 7.03. The van der Waals surface area contributed by atoms with Crippen LogP contribution in [0.2, 0.25) is 0 Å². The highest BCUT2D eigenvalue weighted by Gasteiger charge is 2.33. The van der Waals surface area contributed by atoms with Crippen LogP contribution in [0.15, 0.2) is 48.2 Å². The van der Waals surface area contributed by atoms with Gasteiger partial charge in [-0.05, 0) is 67.3 Å². The molecule has 1 aromatic carbocycles. The van der Waals surface area contributed by atoms with E-state index in [0.717, 1.165) is 55.2 Å². The predicted molar refractivity (Wildman–Crippen MR) is 130 cm³/mol. The van der Waals surface area contributed by atoms with Gasteiger partial charge in [0.1, 0.15) is 18.1 Å². The van der Waals surface area contributed by atoms with Gasteiger partial charge < -0.3 is 14.8 Å². The monoisotopic (exact) mass is 449 g/mol. The molecule has 2 atom stereocenters. The van der Waals surface area contributed by atoms with Gasteiger partial charge >= 0.3 is 0 Å². The van der Waals surface area contributed by atoms with Crippen LogP contribution in [0.3, 0.4) is 0 Å².